The van der Waals surface area contributed by atoms with Crippen molar-refractivity contribution in [2.75, 3.05) is 24.6 Å². The van der Waals surface area contributed by atoms with Gasteiger partial charge in [-0.15, -0.1) is 11.3 Å². The Hall–Kier alpha value is -1.98. The third-order valence-corrected chi connectivity index (χ3v) is 5.95. The van der Waals surface area contributed by atoms with E-state index in [1.165, 1.54) is 27.1 Å². The highest BCUT2D eigenvalue weighted by Crippen LogP contribution is 2.42. The van der Waals surface area contributed by atoms with Crippen molar-refractivity contribution in [1.82, 2.24) is 9.97 Å². The normalized spacial score (nSPS) is 11.2. The summed E-state index contributed by atoms with van der Waals surface area (Å²) in [5.74, 6) is 0.922. The van der Waals surface area contributed by atoms with Crippen molar-refractivity contribution < 1.29 is 5.11 Å². The second-order valence-corrected chi connectivity index (χ2v) is 7.32. The van der Waals surface area contributed by atoms with Gasteiger partial charge in [0.1, 0.15) is 17.0 Å². The number of thiophene rings is 1. The number of likely N-dealkylation sites (N-methyl/N-ethyl adjacent to an activating group) is 1. The highest BCUT2D eigenvalue weighted by Gasteiger charge is 2.20. The Kier molecular flexibility index (Phi) is 5.35. The van der Waals surface area contributed by atoms with E-state index >= 15 is 0 Å². The van der Waals surface area contributed by atoms with Gasteiger partial charge in [0.2, 0.25) is 0 Å². The fraction of sp³-hybridized carbons (Fsp3) is 0.400. The molecule has 2 aromatic heterocycles. The first-order valence-corrected chi connectivity index (χ1v) is 9.62. The molecule has 0 aliphatic rings. The smallest absolute Gasteiger partial charge is 0.141 e. The largest absolute Gasteiger partial charge is 0.395 e. The number of benzene rings is 1. The fourth-order valence-corrected chi connectivity index (χ4v) is 4.28. The summed E-state index contributed by atoms with van der Waals surface area (Å²) in [5.41, 5.74) is 5.06. The number of aliphatic hydroxyl groups is 1. The molecule has 25 heavy (non-hydrogen) atoms. The van der Waals surface area contributed by atoms with E-state index in [0.29, 0.717) is 6.54 Å². The first kappa shape index (κ1) is 17.8. The van der Waals surface area contributed by atoms with Crippen LogP contribution in [0.4, 0.5) is 5.82 Å². The van der Waals surface area contributed by atoms with E-state index in [1.54, 1.807) is 17.7 Å². The van der Waals surface area contributed by atoms with Crippen LogP contribution in [0.2, 0.25) is 0 Å². The predicted molar refractivity (Wildman–Crippen MR) is 107 cm³/mol. The van der Waals surface area contributed by atoms with Crippen LogP contribution in [-0.4, -0.2) is 34.8 Å². The van der Waals surface area contributed by atoms with E-state index in [4.69, 9.17) is 0 Å². The second kappa shape index (κ2) is 7.50. The molecule has 132 valence electrons. The van der Waals surface area contributed by atoms with E-state index in [-0.39, 0.29) is 6.61 Å². The molecule has 4 nitrogen and oxygen atoms in total. The average molecular weight is 356 g/mol. The molecule has 0 spiro atoms. The van der Waals surface area contributed by atoms with Crippen LogP contribution in [0.5, 0.6) is 0 Å². The number of anilines is 1. The van der Waals surface area contributed by atoms with Gasteiger partial charge in [-0.3, -0.25) is 0 Å². The van der Waals surface area contributed by atoms with Gasteiger partial charge in [-0.25, -0.2) is 9.97 Å². The number of fused-ring (bicyclic) bond motifs is 1. The number of hydrogen-bond acceptors (Lipinski definition) is 5. The Labute approximate surface area is 153 Å². The summed E-state index contributed by atoms with van der Waals surface area (Å²) in [7, 11) is 0. The van der Waals surface area contributed by atoms with Gasteiger partial charge in [-0.1, -0.05) is 25.1 Å². The number of aliphatic hydroxyl groups excluding tert-OH is 1. The molecule has 1 N–H and O–H groups in total. The van der Waals surface area contributed by atoms with Crippen molar-refractivity contribution in [3.8, 4) is 11.1 Å². The van der Waals surface area contributed by atoms with Crippen molar-refractivity contribution in [1.29, 1.82) is 0 Å². The summed E-state index contributed by atoms with van der Waals surface area (Å²) >= 11 is 1.75. The summed E-state index contributed by atoms with van der Waals surface area (Å²) < 4.78 is 0. The monoisotopic (exact) mass is 355 g/mol. The Morgan fingerprint density at radius 2 is 1.92 bits per heavy atom. The van der Waals surface area contributed by atoms with Gasteiger partial charge in [0.25, 0.3) is 0 Å². The van der Waals surface area contributed by atoms with Crippen LogP contribution < -0.4 is 4.90 Å². The zero-order valence-corrected chi connectivity index (χ0v) is 16.2. The van der Waals surface area contributed by atoms with Gasteiger partial charge in [0, 0.05) is 23.5 Å². The van der Waals surface area contributed by atoms with Crippen LogP contribution in [0.15, 0.2) is 24.5 Å². The molecule has 2 heterocycles. The molecule has 0 aliphatic heterocycles. The molecule has 0 atom stereocenters. The lowest BCUT2D eigenvalue weighted by atomic mass is 9.98. The Morgan fingerprint density at radius 3 is 2.56 bits per heavy atom. The van der Waals surface area contributed by atoms with Gasteiger partial charge in [0.15, 0.2) is 0 Å². The standard InChI is InChI=1S/C20H25N3OS/c1-5-16-17(15-8-7-13(3)14(4)11-15)18-19(23(6-2)9-10-24)21-12-22-20(18)25-16/h7-8,11-12,24H,5-6,9-10H2,1-4H3. The Balaban J connectivity index is 2.30. The lowest BCUT2D eigenvalue weighted by Crippen LogP contribution is -2.27. The van der Waals surface area contributed by atoms with Crippen LogP contribution in [-0.2, 0) is 6.42 Å². The summed E-state index contributed by atoms with van der Waals surface area (Å²) in [6.45, 7) is 10.1. The van der Waals surface area contributed by atoms with Gasteiger partial charge < -0.3 is 10.0 Å². The maximum atomic E-state index is 9.42. The van der Waals surface area contributed by atoms with Gasteiger partial charge in [-0.05, 0) is 43.9 Å². The molecule has 3 rings (SSSR count). The molecule has 0 bridgehead atoms. The minimum atomic E-state index is 0.114. The minimum Gasteiger partial charge on any atom is -0.395 e. The number of aromatic nitrogens is 2. The zero-order valence-electron chi connectivity index (χ0n) is 15.3. The zero-order chi connectivity index (χ0) is 18.0. The van der Waals surface area contributed by atoms with Crippen molar-refractivity contribution in [3.63, 3.8) is 0 Å². The highest BCUT2D eigenvalue weighted by molar-refractivity contribution is 7.19. The summed E-state index contributed by atoms with van der Waals surface area (Å²) in [6, 6.07) is 6.64. The maximum absolute atomic E-state index is 9.42. The van der Waals surface area contributed by atoms with Crippen LogP contribution in [0.1, 0.15) is 29.9 Å². The highest BCUT2D eigenvalue weighted by atomic mass is 32.1. The number of nitrogens with zero attached hydrogens (tertiary/aromatic N) is 3. The summed E-state index contributed by atoms with van der Waals surface area (Å²) in [5, 5.41) is 10.5. The lowest BCUT2D eigenvalue weighted by Gasteiger charge is -2.22. The van der Waals surface area contributed by atoms with Crippen molar-refractivity contribution in [3.05, 3.63) is 40.5 Å². The molecule has 1 aromatic carbocycles. The van der Waals surface area contributed by atoms with Gasteiger partial charge >= 0.3 is 0 Å². The molecule has 0 saturated carbocycles. The number of hydrogen-bond donors (Lipinski definition) is 1. The van der Waals surface area contributed by atoms with Gasteiger partial charge in [0.05, 0.1) is 12.0 Å². The van der Waals surface area contributed by atoms with Gasteiger partial charge in [-0.2, -0.15) is 0 Å². The van der Waals surface area contributed by atoms with Crippen molar-refractivity contribution in [2.24, 2.45) is 0 Å². The topological polar surface area (TPSA) is 49.2 Å². The molecule has 5 heteroatoms. The van der Waals surface area contributed by atoms with E-state index < -0.39 is 0 Å². The van der Waals surface area contributed by atoms with E-state index in [9.17, 15) is 5.11 Å². The summed E-state index contributed by atoms with van der Waals surface area (Å²) in [4.78, 5) is 13.6. The van der Waals surface area contributed by atoms with E-state index in [1.807, 2.05) is 0 Å². The molecule has 3 aromatic rings. The first-order chi connectivity index (χ1) is 12.1. The van der Waals surface area contributed by atoms with Crippen LogP contribution >= 0.6 is 11.3 Å². The van der Waals surface area contributed by atoms with Crippen molar-refractivity contribution >= 4 is 27.4 Å². The molecule has 0 fully saturated rings. The van der Waals surface area contributed by atoms with Crippen molar-refractivity contribution in [2.45, 2.75) is 34.1 Å². The molecular weight excluding hydrogens is 330 g/mol. The quantitative estimate of drug-likeness (QED) is 0.714. The number of aryl methyl sites for hydroxylation is 3. The first-order valence-electron chi connectivity index (χ1n) is 8.80. The Morgan fingerprint density at radius 1 is 1.12 bits per heavy atom. The maximum Gasteiger partial charge on any atom is 0.141 e. The molecule has 0 saturated heterocycles. The molecule has 0 aliphatic carbocycles. The molecule has 0 radical (unpaired) electrons. The second-order valence-electron chi connectivity index (χ2n) is 6.23. The van der Waals surface area contributed by atoms with E-state index in [0.717, 1.165) is 29.0 Å². The predicted octanol–water partition coefficient (Wildman–Crippen LogP) is 4.36. The van der Waals surface area contributed by atoms with Crippen LogP contribution in [0, 0.1) is 13.8 Å². The van der Waals surface area contributed by atoms with Crippen LogP contribution in [0.25, 0.3) is 21.3 Å². The van der Waals surface area contributed by atoms with Crippen LogP contribution in [0.3, 0.4) is 0 Å². The third-order valence-electron chi connectivity index (χ3n) is 4.71. The summed E-state index contributed by atoms with van der Waals surface area (Å²) in [6.07, 6.45) is 2.60. The van der Waals surface area contributed by atoms with E-state index in [2.05, 4.69) is 60.8 Å². The minimum absolute atomic E-state index is 0.114. The number of rotatable bonds is 6. The molecule has 0 unspecified atom stereocenters. The molecular formula is C20H25N3OS. The Bertz CT molecular complexity index is 888. The fourth-order valence-electron chi connectivity index (χ4n) is 3.19. The third kappa shape index (κ3) is 3.26. The lowest BCUT2D eigenvalue weighted by molar-refractivity contribution is 0.302. The SMILES string of the molecule is CCc1sc2ncnc(N(CC)CCO)c2c1-c1ccc(C)c(C)c1. The average Bonchev–Trinajstić information content (AvgIpc) is 3.01. The molecule has 0 amide bonds.